The summed E-state index contributed by atoms with van der Waals surface area (Å²) in [5, 5.41) is 18.2. The molecule has 1 unspecified atom stereocenters. The lowest BCUT2D eigenvalue weighted by molar-refractivity contribution is 0.581. The minimum Gasteiger partial charge on any atom is -0.416 e. The SMILES string of the molecule is Cc1ccc2c(c1)C1(c3ccccc3-c3ccc(-c4nnc(-c5ccc(C(C)(C)C)cc5)o4)cc31)c1cc(-c3nnc(-c4ccc(C(C)(C)C)cc4)o3)ccc1-2. The monoisotopic (exact) mass is 730 g/mol. The van der Waals surface area contributed by atoms with E-state index in [0.717, 1.165) is 22.3 Å². The molecule has 0 saturated heterocycles. The van der Waals surface area contributed by atoms with Crippen molar-refractivity contribution < 1.29 is 8.83 Å². The van der Waals surface area contributed by atoms with Crippen molar-refractivity contribution in [2.75, 3.05) is 0 Å². The number of benzene rings is 6. The number of hydrogen-bond donors (Lipinski definition) is 0. The predicted molar refractivity (Wildman–Crippen MR) is 222 cm³/mol. The van der Waals surface area contributed by atoms with Crippen LogP contribution in [0.15, 0.2) is 136 Å². The Balaban J connectivity index is 1.11. The van der Waals surface area contributed by atoms with Crippen molar-refractivity contribution in [2.24, 2.45) is 0 Å². The summed E-state index contributed by atoms with van der Waals surface area (Å²) in [6.45, 7) is 15.4. The first-order valence-corrected chi connectivity index (χ1v) is 19.3. The van der Waals surface area contributed by atoms with Crippen molar-refractivity contribution in [3.8, 4) is 68.1 Å². The van der Waals surface area contributed by atoms with Crippen LogP contribution < -0.4 is 0 Å². The number of hydrogen-bond acceptors (Lipinski definition) is 6. The normalized spacial score (nSPS) is 15.5. The van der Waals surface area contributed by atoms with Gasteiger partial charge in [0.1, 0.15) is 0 Å². The maximum Gasteiger partial charge on any atom is 0.248 e. The molecule has 6 nitrogen and oxygen atoms in total. The van der Waals surface area contributed by atoms with Crippen LogP contribution in [0.25, 0.3) is 68.1 Å². The van der Waals surface area contributed by atoms with Crippen LogP contribution in [0.2, 0.25) is 0 Å². The van der Waals surface area contributed by atoms with Crippen LogP contribution in [0.1, 0.15) is 80.5 Å². The van der Waals surface area contributed by atoms with E-state index in [1.165, 1.54) is 61.2 Å². The van der Waals surface area contributed by atoms with Crippen LogP contribution in [0.4, 0.5) is 0 Å². The smallest absolute Gasteiger partial charge is 0.248 e. The van der Waals surface area contributed by atoms with Crippen LogP contribution in [0.3, 0.4) is 0 Å². The molecule has 0 N–H and O–H groups in total. The fraction of sp³-hybridized carbons (Fsp3) is 0.200. The van der Waals surface area contributed by atoms with Gasteiger partial charge in [-0.1, -0.05) is 126 Å². The maximum absolute atomic E-state index is 6.42. The fourth-order valence-corrected chi connectivity index (χ4v) is 8.70. The average Bonchev–Trinajstić information content (AvgIpc) is 3.99. The summed E-state index contributed by atoms with van der Waals surface area (Å²) in [7, 11) is 0. The zero-order valence-corrected chi connectivity index (χ0v) is 32.7. The zero-order valence-electron chi connectivity index (χ0n) is 32.7. The second kappa shape index (κ2) is 12.0. The van der Waals surface area contributed by atoms with E-state index in [1.54, 1.807) is 0 Å². The lowest BCUT2D eigenvalue weighted by Crippen LogP contribution is -2.26. The van der Waals surface area contributed by atoms with Crippen LogP contribution >= 0.6 is 0 Å². The van der Waals surface area contributed by atoms with Gasteiger partial charge in [-0.3, -0.25) is 0 Å². The van der Waals surface area contributed by atoms with Gasteiger partial charge in [-0.25, -0.2) is 0 Å². The maximum atomic E-state index is 6.42. The van der Waals surface area contributed by atoms with Crippen LogP contribution in [-0.4, -0.2) is 20.4 Å². The average molecular weight is 731 g/mol. The van der Waals surface area contributed by atoms with Gasteiger partial charge in [0.05, 0.1) is 5.41 Å². The Kier molecular flexibility index (Phi) is 7.34. The minimum absolute atomic E-state index is 0.0560. The third-order valence-electron chi connectivity index (χ3n) is 11.7. The highest BCUT2D eigenvalue weighted by Crippen LogP contribution is 2.63. The topological polar surface area (TPSA) is 77.8 Å². The molecule has 0 aliphatic heterocycles. The van der Waals surface area contributed by atoms with Crippen LogP contribution in [0, 0.1) is 6.92 Å². The number of aryl methyl sites for hydroxylation is 1. The highest BCUT2D eigenvalue weighted by atomic mass is 16.4. The molecule has 6 heteroatoms. The molecule has 0 radical (unpaired) electrons. The van der Waals surface area contributed by atoms with Gasteiger partial charge in [0.15, 0.2) is 0 Å². The van der Waals surface area contributed by atoms with Gasteiger partial charge in [0, 0.05) is 22.3 Å². The lowest BCUT2D eigenvalue weighted by Gasteiger charge is -2.31. The molecule has 0 bridgehead atoms. The first-order valence-electron chi connectivity index (χ1n) is 19.3. The predicted octanol–water partition coefficient (Wildman–Crippen LogP) is 12.4. The van der Waals surface area contributed by atoms with Crippen molar-refractivity contribution in [1.29, 1.82) is 0 Å². The van der Waals surface area contributed by atoms with E-state index < -0.39 is 5.41 Å². The Hall–Kier alpha value is -6.40. The molecule has 274 valence electrons. The van der Waals surface area contributed by atoms with E-state index in [-0.39, 0.29) is 10.8 Å². The Morgan fingerprint density at radius 2 is 0.768 bits per heavy atom. The van der Waals surface area contributed by atoms with E-state index in [1.807, 2.05) is 0 Å². The quantitative estimate of drug-likeness (QED) is 0.179. The minimum atomic E-state index is -0.605. The summed E-state index contributed by atoms with van der Waals surface area (Å²) in [6, 6.07) is 45.6. The van der Waals surface area contributed by atoms with E-state index in [0.29, 0.717) is 23.6 Å². The second-order valence-electron chi connectivity index (χ2n) is 17.3. The summed E-state index contributed by atoms with van der Waals surface area (Å²) >= 11 is 0. The Morgan fingerprint density at radius 1 is 0.393 bits per heavy atom. The van der Waals surface area contributed by atoms with E-state index in [4.69, 9.17) is 8.83 Å². The summed E-state index contributed by atoms with van der Waals surface area (Å²) < 4.78 is 12.8. The molecule has 10 rings (SSSR count). The van der Waals surface area contributed by atoms with E-state index in [2.05, 4.69) is 196 Å². The molecule has 8 aromatic rings. The number of fused-ring (bicyclic) bond motifs is 10. The van der Waals surface area contributed by atoms with Crippen molar-refractivity contribution >= 4 is 0 Å². The van der Waals surface area contributed by atoms with Crippen molar-refractivity contribution in [1.82, 2.24) is 20.4 Å². The van der Waals surface area contributed by atoms with Gasteiger partial charge in [0.2, 0.25) is 23.6 Å². The van der Waals surface area contributed by atoms with Gasteiger partial charge in [-0.15, -0.1) is 20.4 Å². The molecule has 56 heavy (non-hydrogen) atoms. The van der Waals surface area contributed by atoms with Gasteiger partial charge in [-0.2, -0.15) is 0 Å². The lowest BCUT2D eigenvalue weighted by atomic mass is 9.70. The van der Waals surface area contributed by atoms with Gasteiger partial charge >= 0.3 is 0 Å². The Bertz CT molecular complexity index is 2720. The first kappa shape index (κ1) is 34.1. The van der Waals surface area contributed by atoms with Crippen molar-refractivity contribution in [3.63, 3.8) is 0 Å². The fourth-order valence-electron chi connectivity index (χ4n) is 8.70. The van der Waals surface area contributed by atoms with Gasteiger partial charge < -0.3 is 8.83 Å². The molecule has 0 amide bonds. The van der Waals surface area contributed by atoms with Crippen LogP contribution in [0.5, 0.6) is 0 Å². The van der Waals surface area contributed by atoms with E-state index in [9.17, 15) is 0 Å². The molecule has 2 aromatic heterocycles. The Morgan fingerprint density at radius 3 is 1.23 bits per heavy atom. The zero-order chi connectivity index (χ0) is 38.6. The molecule has 2 aliphatic rings. The van der Waals surface area contributed by atoms with Crippen molar-refractivity contribution in [3.05, 3.63) is 166 Å². The first-order chi connectivity index (χ1) is 26.9. The van der Waals surface area contributed by atoms with Gasteiger partial charge in [-0.05, 0) is 122 Å². The summed E-state index contributed by atoms with van der Waals surface area (Å²) in [5.74, 6) is 1.97. The summed E-state index contributed by atoms with van der Waals surface area (Å²) in [6.07, 6.45) is 0. The molecule has 2 aliphatic carbocycles. The van der Waals surface area contributed by atoms with Crippen molar-refractivity contribution in [2.45, 2.75) is 64.7 Å². The Labute approximate surface area is 327 Å². The standard InChI is InChI=1S/C50H42N4O2/c1-29-12-23-37-39-25-18-33(47-54-52-45(56-47)31-15-21-35(22-16-31)49(5,6)7)28-43(39)50(41(37)26-29)40-11-9-8-10-36(40)38-24-17-32(27-42(38)50)46-53-51-44(55-46)30-13-19-34(20-14-30)48(2,3)4/h8-28H,1-7H3. The molecular formula is C50H42N4O2. The largest absolute Gasteiger partial charge is 0.416 e. The molecule has 1 spiro atoms. The third kappa shape index (κ3) is 5.16. The number of nitrogens with zero attached hydrogens (tertiary/aromatic N) is 4. The summed E-state index contributed by atoms with van der Waals surface area (Å²) in [5.41, 5.74) is 16.4. The molecule has 0 fully saturated rings. The van der Waals surface area contributed by atoms with E-state index >= 15 is 0 Å². The highest BCUT2D eigenvalue weighted by molar-refractivity contribution is 5.96. The molecular weight excluding hydrogens is 689 g/mol. The number of rotatable bonds is 4. The molecule has 1 atom stereocenters. The second-order valence-corrected chi connectivity index (χ2v) is 17.3. The summed E-state index contributed by atoms with van der Waals surface area (Å²) in [4.78, 5) is 0. The molecule has 2 heterocycles. The number of aromatic nitrogens is 4. The van der Waals surface area contributed by atoms with Gasteiger partial charge in [0.25, 0.3) is 0 Å². The van der Waals surface area contributed by atoms with Crippen LogP contribution in [-0.2, 0) is 16.2 Å². The highest BCUT2D eigenvalue weighted by Gasteiger charge is 2.52. The molecule has 6 aromatic carbocycles. The molecule has 0 saturated carbocycles. The third-order valence-corrected chi connectivity index (χ3v) is 11.7.